The van der Waals surface area contributed by atoms with Gasteiger partial charge in [0.15, 0.2) is 0 Å². The summed E-state index contributed by atoms with van der Waals surface area (Å²) < 4.78 is 13.9. The molecule has 1 aromatic heterocycles. The Morgan fingerprint density at radius 1 is 1.13 bits per heavy atom. The zero-order chi connectivity index (χ0) is 28.3. The number of carboxylic acids is 1. The Bertz CT molecular complexity index is 1410. The van der Waals surface area contributed by atoms with Crippen molar-refractivity contribution in [2.45, 2.75) is 71.0 Å². The van der Waals surface area contributed by atoms with Crippen molar-refractivity contribution >= 4 is 18.3 Å². The zero-order valence-corrected chi connectivity index (χ0v) is 22.4. The summed E-state index contributed by atoms with van der Waals surface area (Å²) in [7, 11) is 0. The van der Waals surface area contributed by atoms with E-state index in [1.54, 1.807) is 24.3 Å². The van der Waals surface area contributed by atoms with Gasteiger partial charge in [-0.15, -0.1) is 0 Å². The highest BCUT2D eigenvalue weighted by atomic mass is 19.1. The van der Waals surface area contributed by atoms with Crippen LogP contribution in [-0.2, 0) is 17.6 Å². The van der Waals surface area contributed by atoms with E-state index >= 15 is 0 Å². The highest BCUT2D eigenvalue weighted by Crippen LogP contribution is 2.42. The predicted octanol–water partition coefficient (Wildman–Crippen LogP) is 5.89. The summed E-state index contributed by atoms with van der Waals surface area (Å²) in [6.45, 7) is 5.98. The third kappa shape index (κ3) is 6.32. The Morgan fingerprint density at radius 3 is 2.49 bits per heavy atom. The number of hydrogen-bond acceptors (Lipinski definition) is 5. The summed E-state index contributed by atoms with van der Waals surface area (Å²) in [5.41, 5.74) is 8.79. The van der Waals surface area contributed by atoms with Gasteiger partial charge in [-0.25, -0.2) is 4.39 Å². The number of carboxylic acid groups (broad SMARTS) is 1. The highest BCUT2D eigenvalue weighted by Gasteiger charge is 2.26. The molecule has 0 fully saturated rings. The fourth-order valence-corrected chi connectivity index (χ4v) is 5.31. The number of aliphatic hydroxyl groups is 2. The second kappa shape index (κ2) is 12.0. The fraction of sp³-hybridized carbons (Fsp3) is 0.344. The van der Waals surface area contributed by atoms with Gasteiger partial charge in [-0.05, 0) is 84.2 Å². The summed E-state index contributed by atoms with van der Waals surface area (Å²) in [5, 5.41) is 29.5. The minimum Gasteiger partial charge on any atom is -0.481 e. The lowest BCUT2D eigenvalue weighted by molar-refractivity contribution is -0.139. The van der Waals surface area contributed by atoms with E-state index in [1.807, 2.05) is 32.9 Å². The third-order valence-corrected chi connectivity index (χ3v) is 7.20. The number of aliphatic carboxylic acids is 1. The molecule has 0 spiro atoms. The van der Waals surface area contributed by atoms with Crippen LogP contribution in [0, 0.1) is 12.7 Å². The topological polar surface area (TPSA) is 108 Å². The first-order chi connectivity index (χ1) is 18.6. The van der Waals surface area contributed by atoms with Crippen LogP contribution in [0.2, 0.25) is 0 Å². The number of aldehydes is 1. The molecule has 4 rings (SSSR count). The maximum Gasteiger partial charge on any atom is 0.305 e. The molecular formula is C32H34FNO5. The average molecular weight is 532 g/mol. The van der Waals surface area contributed by atoms with Crippen molar-refractivity contribution in [2.24, 2.45) is 0 Å². The Labute approximate surface area is 227 Å². The quantitative estimate of drug-likeness (QED) is 0.297. The highest BCUT2D eigenvalue weighted by molar-refractivity contribution is 5.87. The monoisotopic (exact) mass is 531 g/mol. The number of aliphatic hydroxyl groups excluding tert-OH is 2. The second-order valence-corrected chi connectivity index (χ2v) is 10.5. The lowest BCUT2D eigenvalue weighted by Gasteiger charge is -2.22. The lowest BCUT2D eigenvalue weighted by Crippen LogP contribution is -2.19. The molecule has 2 aromatic carbocycles. The third-order valence-electron chi connectivity index (χ3n) is 7.20. The molecule has 0 saturated carbocycles. The predicted molar refractivity (Wildman–Crippen MR) is 149 cm³/mol. The molecule has 39 heavy (non-hydrogen) atoms. The normalized spacial score (nSPS) is 14.5. The van der Waals surface area contributed by atoms with Gasteiger partial charge in [-0.2, -0.15) is 0 Å². The van der Waals surface area contributed by atoms with Crippen LogP contribution in [0.25, 0.3) is 28.5 Å². The van der Waals surface area contributed by atoms with Crippen LogP contribution >= 0.6 is 0 Å². The molecule has 0 saturated heterocycles. The van der Waals surface area contributed by atoms with Crippen molar-refractivity contribution in [3.05, 3.63) is 81.8 Å². The molecule has 3 N–H and O–H groups in total. The van der Waals surface area contributed by atoms with E-state index in [9.17, 15) is 24.2 Å². The molecule has 6 nitrogen and oxygen atoms in total. The first kappa shape index (κ1) is 28.3. The fourth-order valence-electron chi connectivity index (χ4n) is 5.31. The molecule has 0 radical (unpaired) electrons. The number of carbonyl (C=O) groups excluding carboxylic acids is 1. The number of benzene rings is 2. The summed E-state index contributed by atoms with van der Waals surface area (Å²) in [6, 6.07) is 10.3. The van der Waals surface area contributed by atoms with E-state index < -0.39 is 24.6 Å². The zero-order valence-electron chi connectivity index (χ0n) is 22.4. The van der Waals surface area contributed by atoms with Gasteiger partial charge in [-0.1, -0.05) is 38.1 Å². The number of pyridine rings is 1. The maximum absolute atomic E-state index is 13.9. The Hall–Kier alpha value is -3.68. The van der Waals surface area contributed by atoms with Crippen molar-refractivity contribution < 1.29 is 29.3 Å². The van der Waals surface area contributed by atoms with Gasteiger partial charge in [0.2, 0.25) is 0 Å². The number of nitrogens with zero attached hydrogens (tertiary/aromatic N) is 1. The smallest absolute Gasteiger partial charge is 0.305 e. The molecule has 0 unspecified atom stereocenters. The van der Waals surface area contributed by atoms with Crippen LogP contribution < -0.4 is 0 Å². The Morgan fingerprint density at radius 2 is 1.85 bits per heavy atom. The maximum atomic E-state index is 13.9. The van der Waals surface area contributed by atoms with Gasteiger partial charge in [-0.3, -0.25) is 14.6 Å². The summed E-state index contributed by atoms with van der Waals surface area (Å²) in [4.78, 5) is 27.7. The molecule has 3 aromatic rings. The molecule has 0 bridgehead atoms. The van der Waals surface area contributed by atoms with Crippen LogP contribution in [0.15, 0.2) is 42.5 Å². The van der Waals surface area contributed by atoms with Crippen LogP contribution in [0.3, 0.4) is 0 Å². The van der Waals surface area contributed by atoms with E-state index in [0.717, 1.165) is 75.9 Å². The van der Waals surface area contributed by atoms with E-state index in [4.69, 9.17) is 10.1 Å². The standard InChI is InChI=1S/C32H34FNO5/c1-18(2)31-27(12-11-24(36)15-25(37)16-29(38)39)30(20-7-9-23(33)10-8-20)26-6-4-5-21-14-22(17-35)19(3)13-28(21)32(26)34-31/h7-14,17-18,24-25,36-37H,4-6,15-16H2,1-3H3,(H,38,39)/b12-11+/t24-,25-/m1/s1. The number of fused-ring (bicyclic) bond motifs is 3. The molecule has 1 aliphatic carbocycles. The van der Waals surface area contributed by atoms with Crippen LogP contribution in [-0.4, -0.2) is 44.8 Å². The van der Waals surface area contributed by atoms with Gasteiger partial charge in [0, 0.05) is 23.1 Å². The molecule has 1 aliphatic rings. The van der Waals surface area contributed by atoms with Crippen molar-refractivity contribution in [2.75, 3.05) is 0 Å². The molecule has 1 heterocycles. The SMILES string of the molecule is Cc1cc2c(cc1C=O)CCCc1c-2nc(C(C)C)c(/C=C/[C@@H](O)C[C@@H](O)CC(=O)O)c1-c1ccc(F)cc1. The van der Waals surface area contributed by atoms with Crippen molar-refractivity contribution in [1.82, 2.24) is 4.98 Å². The van der Waals surface area contributed by atoms with Crippen molar-refractivity contribution in [1.29, 1.82) is 0 Å². The van der Waals surface area contributed by atoms with E-state index in [-0.39, 0.29) is 18.2 Å². The number of aryl methyl sites for hydroxylation is 2. The average Bonchev–Trinajstić information content (AvgIpc) is 3.04. The molecule has 0 amide bonds. The van der Waals surface area contributed by atoms with E-state index in [2.05, 4.69) is 0 Å². The first-order valence-electron chi connectivity index (χ1n) is 13.3. The number of aromatic nitrogens is 1. The largest absolute Gasteiger partial charge is 0.481 e. The second-order valence-electron chi connectivity index (χ2n) is 10.5. The van der Waals surface area contributed by atoms with Gasteiger partial charge < -0.3 is 15.3 Å². The van der Waals surface area contributed by atoms with Gasteiger partial charge in [0.25, 0.3) is 0 Å². The van der Waals surface area contributed by atoms with Gasteiger partial charge in [0.1, 0.15) is 12.1 Å². The number of rotatable bonds is 9. The minimum absolute atomic E-state index is 0.00550. The van der Waals surface area contributed by atoms with E-state index in [1.165, 1.54) is 12.1 Å². The number of carbonyl (C=O) groups is 2. The molecule has 7 heteroatoms. The summed E-state index contributed by atoms with van der Waals surface area (Å²) in [5.74, 6) is -1.47. The molecule has 2 atom stereocenters. The molecule has 204 valence electrons. The molecular weight excluding hydrogens is 497 g/mol. The number of halogens is 1. The van der Waals surface area contributed by atoms with Crippen LogP contribution in [0.1, 0.15) is 77.3 Å². The van der Waals surface area contributed by atoms with Crippen molar-refractivity contribution in [3.63, 3.8) is 0 Å². The first-order valence-corrected chi connectivity index (χ1v) is 13.3. The van der Waals surface area contributed by atoms with Gasteiger partial charge in [0.05, 0.1) is 30.0 Å². The summed E-state index contributed by atoms with van der Waals surface area (Å²) >= 11 is 0. The Kier molecular flexibility index (Phi) is 8.73. The Balaban J connectivity index is 1.94. The van der Waals surface area contributed by atoms with Crippen LogP contribution in [0.4, 0.5) is 4.39 Å². The van der Waals surface area contributed by atoms with Gasteiger partial charge >= 0.3 is 5.97 Å². The van der Waals surface area contributed by atoms with Crippen LogP contribution in [0.5, 0.6) is 0 Å². The van der Waals surface area contributed by atoms with Crippen molar-refractivity contribution in [3.8, 4) is 22.4 Å². The number of hydrogen-bond donors (Lipinski definition) is 3. The molecule has 0 aliphatic heterocycles. The minimum atomic E-state index is -1.18. The lowest BCUT2D eigenvalue weighted by atomic mass is 9.86. The summed E-state index contributed by atoms with van der Waals surface area (Å²) in [6.07, 6.45) is 3.76. The van der Waals surface area contributed by atoms with E-state index in [0.29, 0.717) is 5.56 Å².